The van der Waals surface area contributed by atoms with Crippen molar-refractivity contribution in [2.24, 2.45) is 5.73 Å². The fourth-order valence-electron chi connectivity index (χ4n) is 1.80. The Bertz CT molecular complexity index is 622. The van der Waals surface area contributed by atoms with Crippen LogP contribution in [0.5, 0.6) is 0 Å². The van der Waals surface area contributed by atoms with Crippen molar-refractivity contribution in [3.63, 3.8) is 0 Å². The van der Waals surface area contributed by atoms with E-state index in [0.717, 1.165) is 0 Å². The lowest BCUT2D eigenvalue weighted by atomic mass is 10.2. The van der Waals surface area contributed by atoms with Crippen LogP contribution in [0.15, 0.2) is 29.0 Å². The first kappa shape index (κ1) is 15.7. The highest BCUT2D eigenvalue weighted by atomic mass is 32.1. The first-order valence-corrected chi connectivity index (χ1v) is 8.15. The largest absolute Gasteiger partial charge is 0.366 e. The van der Waals surface area contributed by atoms with Gasteiger partial charge < -0.3 is 11.1 Å². The Morgan fingerprint density at radius 2 is 2.10 bits per heavy atom. The zero-order valence-electron chi connectivity index (χ0n) is 11.8. The molecule has 0 aromatic carbocycles. The van der Waals surface area contributed by atoms with Gasteiger partial charge in [-0.05, 0) is 36.9 Å². The summed E-state index contributed by atoms with van der Waals surface area (Å²) in [4.78, 5) is 26.7. The Morgan fingerprint density at radius 3 is 2.71 bits per heavy atom. The number of likely N-dealkylation sites (N-methyl/N-ethyl adjacent to an activating group) is 1. The summed E-state index contributed by atoms with van der Waals surface area (Å²) in [5.41, 5.74) is 5.62. The molecular weight excluding hydrogens is 306 g/mol. The van der Waals surface area contributed by atoms with Crippen LogP contribution in [0.2, 0.25) is 0 Å². The van der Waals surface area contributed by atoms with E-state index < -0.39 is 5.91 Å². The highest BCUT2D eigenvalue weighted by Gasteiger charge is 2.20. The van der Waals surface area contributed by atoms with Crippen molar-refractivity contribution in [2.75, 3.05) is 12.4 Å². The van der Waals surface area contributed by atoms with Gasteiger partial charge in [0.2, 0.25) is 5.91 Å². The number of nitrogens with zero attached hydrogens (tertiary/aromatic N) is 1. The summed E-state index contributed by atoms with van der Waals surface area (Å²) < 4.78 is 0. The first-order valence-electron chi connectivity index (χ1n) is 6.40. The molecule has 1 atom stereocenters. The molecule has 2 rings (SSSR count). The third-order valence-corrected chi connectivity index (χ3v) is 4.88. The molecule has 0 saturated carbocycles. The third kappa shape index (κ3) is 3.90. The molecule has 2 aromatic rings. The van der Waals surface area contributed by atoms with Crippen LogP contribution in [0.25, 0.3) is 0 Å². The maximum Gasteiger partial charge on any atom is 0.251 e. The zero-order chi connectivity index (χ0) is 15.4. The summed E-state index contributed by atoms with van der Waals surface area (Å²) in [6, 6.07) is 5.33. The molecule has 7 heteroatoms. The van der Waals surface area contributed by atoms with E-state index in [0.29, 0.717) is 17.1 Å². The van der Waals surface area contributed by atoms with Crippen LogP contribution >= 0.6 is 22.7 Å². The van der Waals surface area contributed by atoms with Crippen molar-refractivity contribution in [3.05, 3.63) is 39.4 Å². The molecule has 112 valence electrons. The standard InChI is InChI=1S/C14H17N3O2S2/c1-9(17(2)8-10-4-3-6-20-10)13(19)16-14-11(12(15)18)5-7-21-14/h3-7,9H,8H2,1-2H3,(H2,15,18)(H,16,19)/t9-/m0/s1. The Balaban J connectivity index is 1.98. The second kappa shape index (κ2) is 6.84. The van der Waals surface area contributed by atoms with E-state index in [9.17, 15) is 9.59 Å². The summed E-state index contributed by atoms with van der Waals surface area (Å²) in [7, 11) is 1.90. The second-order valence-electron chi connectivity index (χ2n) is 4.69. The molecule has 0 spiro atoms. The van der Waals surface area contributed by atoms with Gasteiger partial charge in [-0.25, -0.2) is 0 Å². The summed E-state index contributed by atoms with van der Waals surface area (Å²) in [5, 5.41) is 7.02. The number of nitrogens with one attached hydrogen (secondary N) is 1. The Hall–Kier alpha value is -1.70. The number of amides is 2. The summed E-state index contributed by atoms with van der Waals surface area (Å²) in [6.45, 7) is 2.54. The summed E-state index contributed by atoms with van der Waals surface area (Å²) in [6.07, 6.45) is 0. The smallest absolute Gasteiger partial charge is 0.251 e. The molecule has 2 amide bonds. The monoisotopic (exact) mass is 323 g/mol. The predicted octanol–water partition coefficient (Wildman–Crippen LogP) is 2.37. The predicted molar refractivity (Wildman–Crippen MR) is 86.7 cm³/mol. The van der Waals surface area contributed by atoms with E-state index in [1.54, 1.807) is 22.8 Å². The second-order valence-corrected chi connectivity index (χ2v) is 6.64. The Labute approximate surface area is 131 Å². The lowest BCUT2D eigenvalue weighted by Gasteiger charge is -2.23. The van der Waals surface area contributed by atoms with Crippen LogP contribution in [0.4, 0.5) is 5.00 Å². The maximum atomic E-state index is 12.3. The van der Waals surface area contributed by atoms with Crippen molar-refractivity contribution in [2.45, 2.75) is 19.5 Å². The van der Waals surface area contributed by atoms with Gasteiger partial charge in [0.05, 0.1) is 11.6 Å². The Kier molecular flexibility index (Phi) is 5.11. The van der Waals surface area contributed by atoms with Gasteiger partial charge >= 0.3 is 0 Å². The number of primary amides is 1. The molecule has 0 aliphatic heterocycles. The van der Waals surface area contributed by atoms with Crippen LogP contribution in [-0.2, 0) is 11.3 Å². The van der Waals surface area contributed by atoms with Crippen molar-refractivity contribution in [1.29, 1.82) is 0 Å². The van der Waals surface area contributed by atoms with Gasteiger partial charge in [-0.3, -0.25) is 14.5 Å². The number of thiophene rings is 2. The van der Waals surface area contributed by atoms with E-state index in [-0.39, 0.29) is 11.9 Å². The first-order chi connectivity index (χ1) is 9.99. The summed E-state index contributed by atoms with van der Waals surface area (Å²) in [5.74, 6) is -0.690. The number of rotatable bonds is 6. The molecule has 2 heterocycles. The van der Waals surface area contributed by atoms with Crippen molar-refractivity contribution in [1.82, 2.24) is 4.90 Å². The number of hydrogen-bond acceptors (Lipinski definition) is 5. The van der Waals surface area contributed by atoms with E-state index in [2.05, 4.69) is 5.32 Å². The van der Waals surface area contributed by atoms with Crippen molar-refractivity contribution >= 4 is 39.5 Å². The molecule has 0 fully saturated rings. The van der Waals surface area contributed by atoms with Gasteiger partial charge in [0, 0.05) is 11.4 Å². The summed E-state index contributed by atoms with van der Waals surface area (Å²) >= 11 is 2.95. The topological polar surface area (TPSA) is 75.4 Å². The van der Waals surface area contributed by atoms with E-state index >= 15 is 0 Å². The molecule has 2 aromatic heterocycles. The maximum absolute atomic E-state index is 12.3. The molecule has 5 nitrogen and oxygen atoms in total. The Morgan fingerprint density at radius 1 is 1.33 bits per heavy atom. The minimum absolute atomic E-state index is 0.154. The van der Waals surface area contributed by atoms with Crippen LogP contribution in [0.3, 0.4) is 0 Å². The normalized spacial score (nSPS) is 12.3. The molecule has 0 unspecified atom stereocenters. The minimum Gasteiger partial charge on any atom is -0.366 e. The van der Waals surface area contributed by atoms with Gasteiger partial charge in [0.15, 0.2) is 0 Å². The number of hydrogen-bond donors (Lipinski definition) is 2. The van der Waals surface area contributed by atoms with Crippen molar-refractivity contribution in [3.8, 4) is 0 Å². The number of carbonyl (C=O) groups is 2. The molecule has 3 N–H and O–H groups in total. The number of anilines is 1. The molecule has 0 radical (unpaired) electrons. The zero-order valence-corrected chi connectivity index (χ0v) is 13.5. The van der Waals surface area contributed by atoms with Crippen molar-refractivity contribution < 1.29 is 9.59 Å². The SMILES string of the molecule is C[C@@H](C(=O)Nc1sccc1C(N)=O)N(C)Cc1cccs1. The van der Waals surface area contributed by atoms with Gasteiger partial charge in [-0.1, -0.05) is 6.07 Å². The average Bonchev–Trinajstić information content (AvgIpc) is 3.08. The highest BCUT2D eigenvalue weighted by Crippen LogP contribution is 2.23. The molecular formula is C14H17N3O2S2. The third-order valence-electron chi connectivity index (χ3n) is 3.19. The van der Waals surface area contributed by atoms with E-state index in [4.69, 9.17) is 5.73 Å². The lowest BCUT2D eigenvalue weighted by Crippen LogP contribution is -2.39. The number of nitrogens with two attached hydrogens (primary N) is 1. The fraction of sp³-hybridized carbons (Fsp3) is 0.286. The van der Waals surface area contributed by atoms with Crippen LogP contribution in [0.1, 0.15) is 22.2 Å². The highest BCUT2D eigenvalue weighted by molar-refractivity contribution is 7.14. The van der Waals surface area contributed by atoms with E-state index in [1.807, 2.05) is 36.4 Å². The molecule has 0 saturated heterocycles. The number of carbonyl (C=O) groups excluding carboxylic acids is 2. The fourth-order valence-corrected chi connectivity index (χ4v) is 3.36. The van der Waals surface area contributed by atoms with Crippen LogP contribution in [-0.4, -0.2) is 29.8 Å². The van der Waals surface area contributed by atoms with E-state index in [1.165, 1.54) is 16.2 Å². The average molecular weight is 323 g/mol. The van der Waals surface area contributed by atoms with Crippen LogP contribution < -0.4 is 11.1 Å². The lowest BCUT2D eigenvalue weighted by molar-refractivity contribution is -0.120. The van der Waals surface area contributed by atoms with Gasteiger partial charge in [0.25, 0.3) is 5.91 Å². The van der Waals surface area contributed by atoms with Gasteiger partial charge in [-0.2, -0.15) is 0 Å². The molecule has 0 aliphatic rings. The molecule has 0 bridgehead atoms. The quantitative estimate of drug-likeness (QED) is 0.857. The minimum atomic E-state index is -0.536. The molecule has 0 aliphatic carbocycles. The molecule has 21 heavy (non-hydrogen) atoms. The van der Waals surface area contributed by atoms with Gasteiger partial charge in [-0.15, -0.1) is 22.7 Å². The van der Waals surface area contributed by atoms with Gasteiger partial charge in [0.1, 0.15) is 5.00 Å². The van der Waals surface area contributed by atoms with Crippen LogP contribution in [0, 0.1) is 0 Å².